The Balaban J connectivity index is 2.44. The third kappa shape index (κ3) is 3.44. The Morgan fingerprint density at radius 1 is 1.50 bits per heavy atom. The van der Waals surface area contributed by atoms with Crippen LogP contribution in [0.2, 0.25) is 0 Å². The first-order valence-corrected chi connectivity index (χ1v) is 6.55. The molecule has 2 nitrogen and oxygen atoms in total. The molecule has 3 heteroatoms. The van der Waals surface area contributed by atoms with Crippen LogP contribution in [-0.2, 0) is 0 Å². The predicted octanol–water partition coefficient (Wildman–Crippen LogP) is 1.88. The van der Waals surface area contributed by atoms with Gasteiger partial charge in [-0.05, 0) is 32.2 Å². The molecule has 4 unspecified atom stereocenters. The van der Waals surface area contributed by atoms with Crippen molar-refractivity contribution in [1.29, 1.82) is 0 Å². The zero-order valence-corrected chi connectivity index (χ0v) is 10.3. The van der Waals surface area contributed by atoms with E-state index in [0.717, 1.165) is 5.92 Å². The normalized spacial score (nSPS) is 35.6. The Kier molecular flexibility index (Phi) is 5.28. The van der Waals surface area contributed by atoms with E-state index in [0.29, 0.717) is 23.1 Å². The minimum absolute atomic E-state index is 0.298. The summed E-state index contributed by atoms with van der Waals surface area (Å²) in [6.07, 6.45) is 3.92. The van der Waals surface area contributed by atoms with Crippen molar-refractivity contribution in [2.45, 2.75) is 49.7 Å². The average molecular weight is 217 g/mol. The lowest BCUT2D eigenvalue weighted by molar-refractivity contribution is 0.296. The highest BCUT2D eigenvalue weighted by atomic mass is 32.2. The third-order valence-electron chi connectivity index (χ3n) is 3.09. The van der Waals surface area contributed by atoms with E-state index in [1.54, 1.807) is 0 Å². The van der Waals surface area contributed by atoms with Crippen molar-refractivity contribution in [3.05, 3.63) is 0 Å². The van der Waals surface area contributed by atoms with Crippen molar-refractivity contribution in [3.8, 4) is 0 Å². The Morgan fingerprint density at radius 3 is 2.79 bits per heavy atom. The van der Waals surface area contributed by atoms with Crippen LogP contribution >= 0.6 is 11.8 Å². The van der Waals surface area contributed by atoms with Crippen LogP contribution < -0.4 is 5.32 Å². The van der Waals surface area contributed by atoms with Crippen LogP contribution in [0.5, 0.6) is 0 Å². The minimum Gasteiger partial charge on any atom is -0.395 e. The highest BCUT2D eigenvalue weighted by molar-refractivity contribution is 8.00. The van der Waals surface area contributed by atoms with Gasteiger partial charge in [0, 0.05) is 16.5 Å². The van der Waals surface area contributed by atoms with Crippen LogP contribution in [0.25, 0.3) is 0 Å². The molecule has 84 valence electrons. The van der Waals surface area contributed by atoms with Gasteiger partial charge in [-0.2, -0.15) is 11.8 Å². The maximum Gasteiger partial charge on any atom is 0.0547 e. The van der Waals surface area contributed by atoms with E-state index in [4.69, 9.17) is 5.11 Å². The van der Waals surface area contributed by atoms with E-state index >= 15 is 0 Å². The second kappa shape index (κ2) is 5.99. The minimum atomic E-state index is 0.298. The molecule has 0 aromatic heterocycles. The molecule has 4 atom stereocenters. The molecule has 0 saturated heterocycles. The van der Waals surface area contributed by atoms with Crippen LogP contribution in [0.1, 0.15) is 33.1 Å². The molecule has 1 saturated carbocycles. The second-order valence-corrected chi connectivity index (χ2v) is 6.16. The lowest BCUT2D eigenvalue weighted by Gasteiger charge is -2.35. The number of aliphatic hydroxyl groups excluding tert-OH is 1. The van der Waals surface area contributed by atoms with E-state index in [1.165, 1.54) is 19.3 Å². The van der Waals surface area contributed by atoms with Gasteiger partial charge in [0.15, 0.2) is 0 Å². The zero-order chi connectivity index (χ0) is 10.6. The van der Waals surface area contributed by atoms with Gasteiger partial charge in [0.2, 0.25) is 0 Å². The van der Waals surface area contributed by atoms with Crippen molar-refractivity contribution < 1.29 is 5.11 Å². The van der Waals surface area contributed by atoms with Gasteiger partial charge in [-0.25, -0.2) is 0 Å². The molecular weight excluding hydrogens is 194 g/mol. The molecule has 0 heterocycles. The molecule has 0 radical (unpaired) electrons. The molecule has 14 heavy (non-hydrogen) atoms. The first kappa shape index (κ1) is 12.3. The average Bonchev–Trinajstić information content (AvgIpc) is 2.18. The summed E-state index contributed by atoms with van der Waals surface area (Å²) < 4.78 is 0. The van der Waals surface area contributed by atoms with Gasteiger partial charge in [0.1, 0.15) is 0 Å². The summed E-state index contributed by atoms with van der Waals surface area (Å²) in [7, 11) is 2.05. The quantitative estimate of drug-likeness (QED) is 0.754. The summed E-state index contributed by atoms with van der Waals surface area (Å²) in [4.78, 5) is 0. The number of rotatable bonds is 4. The fourth-order valence-corrected chi connectivity index (χ4v) is 3.74. The van der Waals surface area contributed by atoms with Crippen LogP contribution in [-0.4, -0.2) is 35.3 Å². The number of hydrogen-bond acceptors (Lipinski definition) is 3. The van der Waals surface area contributed by atoms with E-state index in [9.17, 15) is 0 Å². The van der Waals surface area contributed by atoms with Crippen molar-refractivity contribution in [3.63, 3.8) is 0 Å². The van der Waals surface area contributed by atoms with Crippen molar-refractivity contribution in [2.75, 3.05) is 13.7 Å². The first-order chi connectivity index (χ1) is 6.67. The number of hydrogen-bond donors (Lipinski definition) is 2. The Morgan fingerprint density at radius 2 is 2.21 bits per heavy atom. The first-order valence-electron chi connectivity index (χ1n) is 5.61. The molecular formula is C11H23NOS. The smallest absolute Gasteiger partial charge is 0.0547 e. The summed E-state index contributed by atoms with van der Waals surface area (Å²) in [5.41, 5.74) is 0. The maximum atomic E-state index is 9.05. The van der Waals surface area contributed by atoms with Gasteiger partial charge >= 0.3 is 0 Å². The molecule has 0 aromatic carbocycles. The summed E-state index contributed by atoms with van der Waals surface area (Å²) in [6, 6.07) is 0.644. The van der Waals surface area contributed by atoms with Crippen LogP contribution in [0.4, 0.5) is 0 Å². The number of nitrogens with one attached hydrogen (secondary N) is 1. The van der Waals surface area contributed by atoms with E-state index in [-0.39, 0.29) is 0 Å². The molecule has 0 aliphatic heterocycles. The van der Waals surface area contributed by atoms with Gasteiger partial charge in [-0.3, -0.25) is 0 Å². The number of aliphatic hydroxyl groups is 1. The maximum absolute atomic E-state index is 9.05. The Labute approximate surface area is 91.9 Å². The van der Waals surface area contributed by atoms with E-state index < -0.39 is 0 Å². The van der Waals surface area contributed by atoms with Crippen molar-refractivity contribution in [2.24, 2.45) is 5.92 Å². The fourth-order valence-electron chi connectivity index (χ4n) is 2.15. The molecule has 0 bridgehead atoms. The lowest BCUT2D eigenvalue weighted by Crippen LogP contribution is -2.41. The summed E-state index contributed by atoms with van der Waals surface area (Å²) >= 11 is 1.94. The third-order valence-corrected chi connectivity index (χ3v) is 4.57. The molecule has 1 aliphatic rings. The van der Waals surface area contributed by atoms with Gasteiger partial charge in [-0.1, -0.05) is 13.8 Å². The van der Waals surface area contributed by atoms with Crippen molar-refractivity contribution in [1.82, 2.24) is 5.32 Å². The highest BCUT2D eigenvalue weighted by Gasteiger charge is 2.28. The molecule has 2 N–H and O–H groups in total. The Hall–Kier alpha value is 0.270. The Bertz CT molecular complexity index is 165. The van der Waals surface area contributed by atoms with Gasteiger partial charge < -0.3 is 10.4 Å². The highest BCUT2D eigenvalue weighted by Crippen LogP contribution is 2.34. The summed E-state index contributed by atoms with van der Waals surface area (Å²) in [5.74, 6) is 0.850. The topological polar surface area (TPSA) is 32.3 Å². The van der Waals surface area contributed by atoms with Gasteiger partial charge in [0.25, 0.3) is 0 Å². The van der Waals surface area contributed by atoms with Crippen molar-refractivity contribution >= 4 is 11.8 Å². The molecule has 1 aliphatic carbocycles. The van der Waals surface area contributed by atoms with Gasteiger partial charge in [-0.15, -0.1) is 0 Å². The lowest BCUT2D eigenvalue weighted by atomic mass is 9.87. The molecule has 0 amide bonds. The van der Waals surface area contributed by atoms with Crippen LogP contribution in [0.15, 0.2) is 0 Å². The van der Waals surface area contributed by atoms with Crippen LogP contribution in [0, 0.1) is 5.92 Å². The fraction of sp³-hybridized carbons (Fsp3) is 1.00. The largest absolute Gasteiger partial charge is 0.395 e. The van der Waals surface area contributed by atoms with Gasteiger partial charge in [0.05, 0.1) is 6.61 Å². The SMILES string of the molecule is CNC1CCC(C)CC1SC(C)CO. The summed E-state index contributed by atoms with van der Waals surface area (Å²) in [6.45, 7) is 4.74. The number of thioether (sulfide) groups is 1. The molecule has 1 fully saturated rings. The second-order valence-electron chi connectivity index (χ2n) is 4.48. The standard InChI is InChI=1S/C11H23NOS/c1-8-4-5-10(12-3)11(6-8)14-9(2)7-13/h8-13H,4-7H2,1-3H3. The monoisotopic (exact) mass is 217 g/mol. The van der Waals surface area contributed by atoms with E-state index in [1.807, 2.05) is 11.8 Å². The molecule has 1 rings (SSSR count). The molecule has 0 spiro atoms. The zero-order valence-electron chi connectivity index (χ0n) is 9.49. The van der Waals surface area contributed by atoms with Crippen LogP contribution in [0.3, 0.4) is 0 Å². The molecule has 0 aromatic rings. The van der Waals surface area contributed by atoms with E-state index in [2.05, 4.69) is 26.2 Å². The predicted molar refractivity (Wildman–Crippen MR) is 63.8 cm³/mol. The summed E-state index contributed by atoms with van der Waals surface area (Å²) in [5, 5.41) is 13.5.